The number of rotatable bonds is 6. The number of methoxy groups -OCH3 is 2. The van der Waals surface area contributed by atoms with Crippen LogP contribution in [0.4, 0.5) is 0 Å². The number of carbonyl (C=O) groups excluding carboxylic acids is 1. The van der Waals surface area contributed by atoms with Crippen LogP contribution in [0.15, 0.2) is 9.85 Å². The Labute approximate surface area is 116 Å². The van der Waals surface area contributed by atoms with Crippen LogP contribution in [0.25, 0.3) is 0 Å². The molecule has 1 amide bonds. The molecule has 100 valence electrons. The van der Waals surface area contributed by atoms with Crippen molar-refractivity contribution in [3.05, 3.63) is 14.7 Å². The van der Waals surface area contributed by atoms with Gasteiger partial charge in [-0.25, -0.2) is 4.79 Å². The summed E-state index contributed by atoms with van der Waals surface area (Å²) in [6.07, 6.45) is -1.06. The van der Waals surface area contributed by atoms with Gasteiger partial charge in [-0.3, -0.25) is 4.79 Å². The molecule has 0 fully saturated rings. The number of aliphatic carboxylic acids is 1. The number of halogens is 1. The van der Waals surface area contributed by atoms with Gasteiger partial charge >= 0.3 is 5.97 Å². The Morgan fingerprint density at radius 1 is 1.56 bits per heavy atom. The topological polar surface area (TPSA) is 84.9 Å². The van der Waals surface area contributed by atoms with Crippen LogP contribution in [0.2, 0.25) is 0 Å². The summed E-state index contributed by atoms with van der Waals surface area (Å²) in [6, 6.07) is 1.58. The van der Waals surface area contributed by atoms with E-state index in [9.17, 15) is 9.59 Å². The highest BCUT2D eigenvalue weighted by Crippen LogP contribution is 2.34. The molecule has 0 aliphatic carbocycles. The third-order valence-corrected chi connectivity index (χ3v) is 3.89. The zero-order valence-corrected chi connectivity index (χ0v) is 12.1. The second-order valence-electron chi connectivity index (χ2n) is 3.23. The van der Waals surface area contributed by atoms with Crippen molar-refractivity contribution in [2.75, 3.05) is 20.8 Å². The lowest BCUT2D eigenvalue weighted by atomic mass is 10.3. The SMILES string of the molecule is COc1cc(C(=O)NCC(OC)C(=O)O)sc1Br. The lowest BCUT2D eigenvalue weighted by Crippen LogP contribution is -2.37. The van der Waals surface area contributed by atoms with Gasteiger partial charge in [0.15, 0.2) is 6.10 Å². The fourth-order valence-corrected chi connectivity index (χ4v) is 2.71. The molecule has 8 heteroatoms. The van der Waals surface area contributed by atoms with Crippen molar-refractivity contribution in [1.82, 2.24) is 5.32 Å². The molecule has 0 spiro atoms. The predicted molar refractivity (Wildman–Crippen MR) is 69.3 cm³/mol. The molecule has 0 bridgehead atoms. The Hall–Kier alpha value is -1.12. The molecule has 0 aromatic carbocycles. The summed E-state index contributed by atoms with van der Waals surface area (Å²) in [4.78, 5) is 22.9. The average Bonchev–Trinajstić information content (AvgIpc) is 2.70. The van der Waals surface area contributed by atoms with E-state index in [1.807, 2.05) is 0 Å². The van der Waals surface area contributed by atoms with E-state index in [0.717, 1.165) is 0 Å². The molecule has 0 radical (unpaired) electrons. The lowest BCUT2D eigenvalue weighted by Gasteiger charge is -2.10. The van der Waals surface area contributed by atoms with Crippen LogP contribution in [0.1, 0.15) is 9.67 Å². The number of ether oxygens (including phenoxy) is 2. The number of carboxylic acid groups (broad SMARTS) is 1. The second kappa shape index (κ2) is 6.72. The minimum absolute atomic E-state index is 0.0947. The minimum atomic E-state index is -1.12. The summed E-state index contributed by atoms with van der Waals surface area (Å²) >= 11 is 4.46. The van der Waals surface area contributed by atoms with E-state index in [1.54, 1.807) is 6.07 Å². The van der Waals surface area contributed by atoms with Gasteiger partial charge in [-0.15, -0.1) is 11.3 Å². The second-order valence-corrected chi connectivity index (χ2v) is 5.60. The zero-order chi connectivity index (χ0) is 13.7. The molecule has 0 aliphatic rings. The summed E-state index contributed by atoms with van der Waals surface area (Å²) in [6.45, 7) is -0.0947. The van der Waals surface area contributed by atoms with Gasteiger partial charge in [-0.05, 0) is 15.9 Å². The molecular formula is C10H12BrNO5S. The van der Waals surface area contributed by atoms with Crippen LogP contribution >= 0.6 is 27.3 Å². The molecular weight excluding hydrogens is 326 g/mol. The highest BCUT2D eigenvalue weighted by atomic mass is 79.9. The van der Waals surface area contributed by atoms with Crippen molar-refractivity contribution < 1.29 is 24.2 Å². The van der Waals surface area contributed by atoms with E-state index in [-0.39, 0.29) is 12.5 Å². The Balaban J connectivity index is 2.62. The van der Waals surface area contributed by atoms with Gasteiger partial charge in [0.05, 0.1) is 18.5 Å². The zero-order valence-electron chi connectivity index (χ0n) is 9.73. The Morgan fingerprint density at radius 3 is 2.67 bits per heavy atom. The quantitative estimate of drug-likeness (QED) is 0.818. The predicted octanol–water partition coefficient (Wildman–Crippen LogP) is 1.35. The molecule has 18 heavy (non-hydrogen) atoms. The number of amides is 1. The molecule has 1 aromatic rings. The fraction of sp³-hybridized carbons (Fsp3) is 0.400. The van der Waals surface area contributed by atoms with Gasteiger partial charge < -0.3 is 19.9 Å². The number of hydrogen-bond donors (Lipinski definition) is 2. The summed E-state index contributed by atoms with van der Waals surface area (Å²) in [5.41, 5.74) is 0. The number of carboxylic acids is 1. The largest absolute Gasteiger partial charge is 0.495 e. The van der Waals surface area contributed by atoms with Crippen LogP contribution in [0.3, 0.4) is 0 Å². The fourth-order valence-electron chi connectivity index (χ4n) is 1.15. The van der Waals surface area contributed by atoms with Crippen molar-refractivity contribution in [2.24, 2.45) is 0 Å². The first-order valence-electron chi connectivity index (χ1n) is 4.86. The Morgan fingerprint density at radius 2 is 2.22 bits per heavy atom. The van der Waals surface area contributed by atoms with Gasteiger partial charge in [0, 0.05) is 13.2 Å². The van der Waals surface area contributed by atoms with Crippen LogP contribution in [-0.2, 0) is 9.53 Å². The summed E-state index contributed by atoms with van der Waals surface area (Å²) < 4.78 is 10.4. The Kier molecular flexibility index (Phi) is 5.57. The highest BCUT2D eigenvalue weighted by molar-refractivity contribution is 9.11. The smallest absolute Gasteiger partial charge is 0.334 e. The minimum Gasteiger partial charge on any atom is -0.495 e. The lowest BCUT2D eigenvalue weighted by molar-refractivity contribution is -0.147. The van der Waals surface area contributed by atoms with Gasteiger partial charge in [0.2, 0.25) is 0 Å². The van der Waals surface area contributed by atoms with Crippen molar-refractivity contribution in [3.8, 4) is 5.75 Å². The molecule has 1 unspecified atom stereocenters. The van der Waals surface area contributed by atoms with E-state index in [0.29, 0.717) is 14.4 Å². The van der Waals surface area contributed by atoms with E-state index >= 15 is 0 Å². The van der Waals surface area contributed by atoms with Crippen molar-refractivity contribution in [2.45, 2.75) is 6.10 Å². The van der Waals surface area contributed by atoms with E-state index < -0.39 is 12.1 Å². The van der Waals surface area contributed by atoms with E-state index in [4.69, 9.17) is 14.6 Å². The first kappa shape index (κ1) is 14.9. The van der Waals surface area contributed by atoms with Gasteiger partial charge in [0.1, 0.15) is 9.54 Å². The van der Waals surface area contributed by atoms with Gasteiger partial charge in [0.25, 0.3) is 5.91 Å². The maximum Gasteiger partial charge on any atom is 0.334 e. The summed E-state index contributed by atoms with van der Waals surface area (Å²) in [5.74, 6) is -0.929. The van der Waals surface area contributed by atoms with Crippen molar-refractivity contribution >= 4 is 39.1 Å². The van der Waals surface area contributed by atoms with Gasteiger partial charge in [-0.1, -0.05) is 0 Å². The molecule has 2 N–H and O–H groups in total. The van der Waals surface area contributed by atoms with Crippen molar-refractivity contribution in [3.63, 3.8) is 0 Å². The number of hydrogen-bond acceptors (Lipinski definition) is 5. The molecule has 0 aliphatic heterocycles. The van der Waals surface area contributed by atoms with Crippen LogP contribution in [0, 0.1) is 0 Å². The van der Waals surface area contributed by atoms with Crippen LogP contribution < -0.4 is 10.1 Å². The molecule has 0 saturated heterocycles. The standard InChI is InChI=1S/C10H12BrNO5S/c1-16-5-3-7(18-8(5)11)9(13)12-4-6(17-2)10(14)15/h3,6H,4H2,1-2H3,(H,12,13)(H,14,15). The van der Waals surface area contributed by atoms with Crippen molar-refractivity contribution in [1.29, 1.82) is 0 Å². The molecule has 0 saturated carbocycles. The number of thiophene rings is 1. The first-order chi connectivity index (χ1) is 8.49. The van der Waals surface area contributed by atoms with E-state index in [1.165, 1.54) is 25.6 Å². The third-order valence-electron chi connectivity index (χ3n) is 2.11. The summed E-state index contributed by atoms with van der Waals surface area (Å²) in [7, 11) is 2.77. The number of nitrogens with one attached hydrogen (secondary N) is 1. The third kappa shape index (κ3) is 3.69. The van der Waals surface area contributed by atoms with Gasteiger partial charge in [-0.2, -0.15) is 0 Å². The maximum atomic E-state index is 11.7. The van der Waals surface area contributed by atoms with E-state index in [2.05, 4.69) is 21.2 Å². The first-order valence-corrected chi connectivity index (χ1v) is 6.47. The van der Waals surface area contributed by atoms with Crippen LogP contribution in [0.5, 0.6) is 5.75 Å². The molecule has 1 atom stereocenters. The molecule has 1 rings (SSSR count). The highest BCUT2D eigenvalue weighted by Gasteiger charge is 2.19. The molecule has 1 heterocycles. The Bertz CT molecular complexity index is 447. The van der Waals surface area contributed by atoms with Crippen LogP contribution in [-0.4, -0.2) is 43.9 Å². The normalized spacial score (nSPS) is 11.9. The summed E-state index contributed by atoms with van der Waals surface area (Å²) in [5, 5.41) is 11.2. The monoisotopic (exact) mass is 337 g/mol. The number of carbonyl (C=O) groups is 2. The average molecular weight is 338 g/mol. The maximum absolute atomic E-state index is 11.7. The molecule has 1 aromatic heterocycles. The molecule has 6 nitrogen and oxygen atoms in total.